The van der Waals surface area contributed by atoms with Gasteiger partial charge < -0.3 is 14.6 Å². The third-order valence-corrected chi connectivity index (χ3v) is 3.99. The quantitative estimate of drug-likeness (QED) is 0.752. The highest BCUT2D eigenvalue weighted by Crippen LogP contribution is 2.18. The zero-order valence-electron chi connectivity index (χ0n) is 14.3. The van der Waals surface area contributed by atoms with E-state index in [0.717, 1.165) is 22.6 Å². The molecule has 5 nitrogen and oxygen atoms in total. The standard InChI is InChI=1S/C20H21N3O2/c1-15-7-3-6-10-19(15)25-16(2)20(24)22-13-17-8-4-5-9-18(17)23-12-11-21-14-23/h3-12,14,16H,13H2,1-2H3,(H,22,24). The molecular weight excluding hydrogens is 314 g/mol. The van der Waals surface area contributed by atoms with Gasteiger partial charge in [0.15, 0.2) is 6.10 Å². The molecule has 0 radical (unpaired) electrons. The molecular formula is C20H21N3O2. The fraction of sp³-hybridized carbons (Fsp3) is 0.200. The number of nitrogens with one attached hydrogen (secondary N) is 1. The van der Waals surface area contributed by atoms with E-state index in [1.807, 2.05) is 66.2 Å². The minimum absolute atomic E-state index is 0.149. The fourth-order valence-corrected chi connectivity index (χ4v) is 2.57. The molecule has 1 aromatic heterocycles. The summed E-state index contributed by atoms with van der Waals surface area (Å²) in [5.41, 5.74) is 3.01. The Balaban J connectivity index is 1.64. The fourth-order valence-electron chi connectivity index (χ4n) is 2.57. The van der Waals surface area contributed by atoms with Gasteiger partial charge in [0, 0.05) is 18.9 Å². The van der Waals surface area contributed by atoms with Crippen molar-refractivity contribution < 1.29 is 9.53 Å². The van der Waals surface area contributed by atoms with E-state index in [0.29, 0.717) is 6.54 Å². The van der Waals surface area contributed by atoms with Crippen LogP contribution in [0, 0.1) is 6.92 Å². The lowest BCUT2D eigenvalue weighted by Gasteiger charge is -2.17. The van der Waals surface area contributed by atoms with Gasteiger partial charge in [-0.05, 0) is 37.1 Å². The van der Waals surface area contributed by atoms with Crippen molar-refractivity contribution in [2.24, 2.45) is 0 Å². The zero-order chi connectivity index (χ0) is 17.6. The van der Waals surface area contributed by atoms with E-state index in [4.69, 9.17) is 4.74 Å². The summed E-state index contributed by atoms with van der Waals surface area (Å²) in [6, 6.07) is 15.6. The van der Waals surface area contributed by atoms with Crippen LogP contribution in [0.4, 0.5) is 0 Å². The van der Waals surface area contributed by atoms with Gasteiger partial charge in [-0.3, -0.25) is 4.79 Å². The van der Waals surface area contributed by atoms with Crippen molar-refractivity contribution in [2.75, 3.05) is 0 Å². The topological polar surface area (TPSA) is 56.1 Å². The Morgan fingerprint density at radius 2 is 1.96 bits per heavy atom. The Morgan fingerprint density at radius 3 is 2.72 bits per heavy atom. The molecule has 0 spiro atoms. The molecule has 0 bridgehead atoms. The number of aryl methyl sites for hydroxylation is 1. The number of para-hydroxylation sites is 2. The summed E-state index contributed by atoms with van der Waals surface area (Å²) >= 11 is 0. The summed E-state index contributed by atoms with van der Waals surface area (Å²) in [5.74, 6) is 0.577. The second kappa shape index (κ2) is 7.66. The van der Waals surface area contributed by atoms with Gasteiger partial charge in [-0.2, -0.15) is 0 Å². The third-order valence-electron chi connectivity index (χ3n) is 3.99. The first-order chi connectivity index (χ1) is 12.1. The smallest absolute Gasteiger partial charge is 0.261 e. The lowest BCUT2D eigenvalue weighted by atomic mass is 10.1. The number of hydrogen-bond donors (Lipinski definition) is 1. The molecule has 2 aromatic carbocycles. The van der Waals surface area contributed by atoms with E-state index in [1.165, 1.54) is 0 Å². The monoisotopic (exact) mass is 335 g/mol. The molecule has 0 fully saturated rings. The molecule has 1 heterocycles. The van der Waals surface area contributed by atoms with Crippen LogP contribution in [0.1, 0.15) is 18.1 Å². The molecule has 0 saturated heterocycles. The summed E-state index contributed by atoms with van der Waals surface area (Å²) in [4.78, 5) is 16.4. The number of nitrogens with zero attached hydrogens (tertiary/aromatic N) is 2. The van der Waals surface area contributed by atoms with Crippen LogP contribution in [0.25, 0.3) is 5.69 Å². The Kier molecular flexibility index (Phi) is 5.14. The zero-order valence-corrected chi connectivity index (χ0v) is 14.3. The predicted octanol–water partition coefficient (Wildman–Crippen LogP) is 3.26. The molecule has 0 aliphatic heterocycles. The van der Waals surface area contributed by atoms with Gasteiger partial charge in [0.05, 0.1) is 12.0 Å². The summed E-state index contributed by atoms with van der Waals surface area (Å²) in [5, 5.41) is 2.94. The highest BCUT2D eigenvalue weighted by atomic mass is 16.5. The summed E-state index contributed by atoms with van der Waals surface area (Å²) in [7, 11) is 0. The largest absolute Gasteiger partial charge is 0.481 e. The van der Waals surface area contributed by atoms with Gasteiger partial charge in [-0.1, -0.05) is 36.4 Å². The first kappa shape index (κ1) is 16.8. The van der Waals surface area contributed by atoms with E-state index < -0.39 is 6.10 Å². The predicted molar refractivity (Wildman–Crippen MR) is 96.7 cm³/mol. The van der Waals surface area contributed by atoms with Crippen LogP contribution in [-0.2, 0) is 11.3 Å². The second-order valence-electron chi connectivity index (χ2n) is 5.84. The SMILES string of the molecule is Cc1ccccc1OC(C)C(=O)NCc1ccccc1-n1ccnc1. The number of hydrogen-bond acceptors (Lipinski definition) is 3. The van der Waals surface area contributed by atoms with Gasteiger partial charge in [0.2, 0.25) is 0 Å². The summed E-state index contributed by atoms with van der Waals surface area (Å²) in [6.45, 7) is 4.14. The number of benzene rings is 2. The molecule has 3 aromatic rings. The molecule has 1 unspecified atom stereocenters. The van der Waals surface area contributed by atoms with Crippen LogP contribution < -0.4 is 10.1 Å². The Labute approximate surface area is 147 Å². The number of aromatic nitrogens is 2. The Bertz CT molecular complexity index is 844. The highest BCUT2D eigenvalue weighted by molar-refractivity contribution is 5.80. The van der Waals surface area contributed by atoms with Gasteiger partial charge in [-0.25, -0.2) is 4.98 Å². The van der Waals surface area contributed by atoms with Gasteiger partial charge in [0.1, 0.15) is 5.75 Å². The molecule has 25 heavy (non-hydrogen) atoms. The third kappa shape index (κ3) is 4.07. The van der Waals surface area contributed by atoms with E-state index in [9.17, 15) is 4.79 Å². The minimum Gasteiger partial charge on any atom is -0.481 e. The van der Waals surface area contributed by atoms with Crippen molar-refractivity contribution in [1.29, 1.82) is 0 Å². The van der Waals surface area contributed by atoms with E-state index in [2.05, 4.69) is 10.3 Å². The van der Waals surface area contributed by atoms with Gasteiger partial charge >= 0.3 is 0 Å². The molecule has 0 aliphatic carbocycles. The normalized spacial score (nSPS) is 11.8. The van der Waals surface area contributed by atoms with Gasteiger partial charge in [-0.15, -0.1) is 0 Å². The van der Waals surface area contributed by atoms with Crippen LogP contribution in [0.3, 0.4) is 0 Å². The van der Waals surface area contributed by atoms with Gasteiger partial charge in [0.25, 0.3) is 5.91 Å². The molecule has 1 N–H and O–H groups in total. The lowest BCUT2D eigenvalue weighted by molar-refractivity contribution is -0.127. The maximum atomic E-state index is 12.4. The minimum atomic E-state index is -0.568. The van der Waals surface area contributed by atoms with Crippen LogP contribution >= 0.6 is 0 Å². The number of rotatable bonds is 6. The van der Waals surface area contributed by atoms with Crippen LogP contribution in [0.5, 0.6) is 5.75 Å². The summed E-state index contributed by atoms with van der Waals surface area (Å²) in [6.07, 6.45) is 4.78. The van der Waals surface area contributed by atoms with Crippen molar-refractivity contribution >= 4 is 5.91 Å². The first-order valence-corrected chi connectivity index (χ1v) is 8.21. The van der Waals surface area contributed by atoms with Crippen molar-refractivity contribution in [3.8, 4) is 11.4 Å². The molecule has 0 aliphatic rings. The first-order valence-electron chi connectivity index (χ1n) is 8.21. The second-order valence-corrected chi connectivity index (χ2v) is 5.84. The van der Waals surface area contributed by atoms with Crippen LogP contribution in [0.15, 0.2) is 67.3 Å². The number of ether oxygens (including phenoxy) is 1. The van der Waals surface area contributed by atoms with E-state index in [1.54, 1.807) is 19.4 Å². The lowest BCUT2D eigenvalue weighted by Crippen LogP contribution is -2.36. The molecule has 0 saturated carbocycles. The maximum absolute atomic E-state index is 12.4. The Hall–Kier alpha value is -3.08. The molecule has 128 valence electrons. The number of carbonyl (C=O) groups excluding carboxylic acids is 1. The Morgan fingerprint density at radius 1 is 1.20 bits per heavy atom. The number of amides is 1. The van der Waals surface area contributed by atoms with Crippen LogP contribution in [0.2, 0.25) is 0 Å². The van der Waals surface area contributed by atoms with Crippen LogP contribution in [-0.4, -0.2) is 21.6 Å². The van der Waals surface area contributed by atoms with Crippen molar-refractivity contribution in [1.82, 2.24) is 14.9 Å². The molecule has 5 heteroatoms. The highest BCUT2D eigenvalue weighted by Gasteiger charge is 2.15. The molecule has 1 amide bonds. The van der Waals surface area contributed by atoms with Crippen molar-refractivity contribution in [3.63, 3.8) is 0 Å². The number of carbonyl (C=O) groups is 1. The van der Waals surface area contributed by atoms with E-state index in [-0.39, 0.29) is 5.91 Å². The average molecular weight is 335 g/mol. The molecule has 3 rings (SSSR count). The summed E-state index contributed by atoms with van der Waals surface area (Å²) < 4.78 is 7.70. The van der Waals surface area contributed by atoms with Crippen molar-refractivity contribution in [3.05, 3.63) is 78.4 Å². The van der Waals surface area contributed by atoms with E-state index >= 15 is 0 Å². The number of imidazole rings is 1. The molecule has 1 atom stereocenters. The average Bonchev–Trinajstić information content (AvgIpc) is 3.16. The van der Waals surface area contributed by atoms with Crippen molar-refractivity contribution in [2.45, 2.75) is 26.5 Å². The maximum Gasteiger partial charge on any atom is 0.261 e.